The highest BCUT2D eigenvalue weighted by molar-refractivity contribution is 5.53. The van der Waals surface area contributed by atoms with Crippen LogP contribution in [0, 0.1) is 6.92 Å². The van der Waals surface area contributed by atoms with Crippen LogP contribution in [-0.4, -0.2) is 41.3 Å². The van der Waals surface area contributed by atoms with Crippen LogP contribution in [0.4, 0.5) is 11.6 Å². The lowest BCUT2D eigenvalue weighted by molar-refractivity contribution is 0.0494. The van der Waals surface area contributed by atoms with Crippen molar-refractivity contribution in [2.45, 2.75) is 6.92 Å². The van der Waals surface area contributed by atoms with Gasteiger partial charge in [-0.1, -0.05) is 0 Å². The molecule has 1 fully saturated rings. The lowest BCUT2D eigenvalue weighted by Crippen LogP contribution is -2.40. The molecule has 15 heavy (non-hydrogen) atoms. The molecule has 0 bridgehead atoms. The molecule has 82 valence electrons. The average Bonchev–Trinajstić information content (AvgIpc) is 2.26. The Balaban J connectivity index is 2.06. The summed E-state index contributed by atoms with van der Waals surface area (Å²) in [6.45, 7) is 5.09. The van der Waals surface area contributed by atoms with Gasteiger partial charge < -0.3 is 15.9 Å². The Bertz CT molecular complexity index is 337. The van der Waals surface area contributed by atoms with Crippen LogP contribution < -0.4 is 11.2 Å². The van der Waals surface area contributed by atoms with Gasteiger partial charge in [0.1, 0.15) is 18.0 Å². The minimum absolute atomic E-state index is 0.515. The van der Waals surface area contributed by atoms with Gasteiger partial charge in [-0.25, -0.2) is 15.0 Å². The smallest absolute Gasteiger partial charge is 0.148 e. The quantitative estimate of drug-likeness (QED) is 0.715. The van der Waals surface area contributed by atoms with E-state index in [4.69, 9.17) is 10.5 Å². The van der Waals surface area contributed by atoms with Gasteiger partial charge in [-0.2, -0.15) is 0 Å². The van der Waals surface area contributed by atoms with E-state index < -0.39 is 0 Å². The van der Waals surface area contributed by atoms with Crippen molar-refractivity contribution in [3.8, 4) is 0 Å². The standard InChI is InChI=1S/C9H15N5O/c1-7-8(10)11-6-12-9(7)13-14-2-4-15-5-3-14/h6H,2-5H2,1H3,(H3,10,11,12,13). The average molecular weight is 209 g/mol. The van der Waals surface area contributed by atoms with Crippen molar-refractivity contribution in [3.05, 3.63) is 11.9 Å². The lowest BCUT2D eigenvalue weighted by Gasteiger charge is -2.27. The molecule has 1 aliphatic heterocycles. The summed E-state index contributed by atoms with van der Waals surface area (Å²) in [5.74, 6) is 1.28. The van der Waals surface area contributed by atoms with Gasteiger partial charge >= 0.3 is 0 Å². The first kappa shape index (κ1) is 10.1. The first-order chi connectivity index (χ1) is 7.27. The van der Waals surface area contributed by atoms with Crippen molar-refractivity contribution < 1.29 is 4.74 Å². The molecular formula is C9H15N5O. The highest BCUT2D eigenvalue weighted by atomic mass is 16.5. The second kappa shape index (κ2) is 4.41. The van der Waals surface area contributed by atoms with Crippen LogP contribution in [-0.2, 0) is 4.74 Å². The van der Waals surface area contributed by atoms with Gasteiger partial charge in [0.15, 0.2) is 0 Å². The Morgan fingerprint density at radius 3 is 2.87 bits per heavy atom. The number of anilines is 2. The van der Waals surface area contributed by atoms with Crippen LogP contribution in [0.2, 0.25) is 0 Å². The largest absolute Gasteiger partial charge is 0.383 e. The molecule has 0 saturated carbocycles. The number of hydrazine groups is 1. The maximum atomic E-state index is 5.69. The van der Waals surface area contributed by atoms with Crippen molar-refractivity contribution in [2.75, 3.05) is 37.5 Å². The maximum Gasteiger partial charge on any atom is 0.148 e. The third-order valence-corrected chi connectivity index (χ3v) is 2.40. The number of rotatable bonds is 2. The summed E-state index contributed by atoms with van der Waals surface area (Å²) in [5.41, 5.74) is 9.78. The predicted molar refractivity (Wildman–Crippen MR) is 57.2 cm³/mol. The molecule has 0 spiro atoms. The van der Waals surface area contributed by atoms with Crippen LogP contribution in [0.1, 0.15) is 5.56 Å². The molecule has 1 saturated heterocycles. The molecule has 0 aliphatic carbocycles. The Morgan fingerprint density at radius 1 is 1.40 bits per heavy atom. The second-order valence-corrected chi connectivity index (χ2v) is 3.44. The summed E-state index contributed by atoms with van der Waals surface area (Å²) < 4.78 is 5.25. The number of ether oxygens (including phenoxy) is 1. The molecule has 3 N–H and O–H groups in total. The molecule has 0 atom stereocenters. The molecule has 1 aromatic rings. The highest BCUT2D eigenvalue weighted by Crippen LogP contribution is 2.15. The number of morpholine rings is 1. The lowest BCUT2D eigenvalue weighted by atomic mass is 10.3. The maximum absolute atomic E-state index is 5.69. The number of hydrogen-bond donors (Lipinski definition) is 2. The van der Waals surface area contributed by atoms with Gasteiger partial charge in [-0.15, -0.1) is 0 Å². The molecule has 6 heteroatoms. The highest BCUT2D eigenvalue weighted by Gasteiger charge is 2.12. The molecule has 6 nitrogen and oxygen atoms in total. The Hall–Kier alpha value is -1.40. The Morgan fingerprint density at radius 2 is 2.13 bits per heavy atom. The SMILES string of the molecule is Cc1c(N)ncnc1NN1CCOCC1. The zero-order chi connectivity index (χ0) is 10.7. The molecule has 0 unspecified atom stereocenters. The summed E-state index contributed by atoms with van der Waals surface area (Å²) >= 11 is 0. The van der Waals surface area contributed by atoms with Crippen molar-refractivity contribution in [3.63, 3.8) is 0 Å². The minimum Gasteiger partial charge on any atom is -0.383 e. The van der Waals surface area contributed by atoms with Crippen molar-refractivity contribution in [2.24, 2.45) is 0 Å². The van der Waals surface area contributed by atoms with Crippen LogP contribution >= 0.6 is 0 Å². The summed E-state index contributed by atoms with van der Waals surface area (Å²) in [7, 11) is 0. The fourth-order valence-electron chi connectivity index (χ4n) is 1.40. The summed E-state index contributed by atoms with van der Waals surface area (Å²) in [6, 6.07) is 0. The molecule has 2 heterocycles. The number of nitrogen functional groups attached to an aromatic ring is 1. The monoisotopic (exact) mass is 209 g/mol. The van der Waals surface area contributed by atoms with Crippen LogP contribution in [0.5, 0.6) is 0 Å². The van der Waals surface area contributed by atoms with Gasteiger partial charge in [0.25, 0.3) is 0 Å². The zero-order valence-electron chi connectivity index (χ0n) is 8.73. The number of nitrogens with two attached hydrogens (primary N) is 1. The summed E-state index contributed by atoms with van der Waals surface area (Å²) in [5, 5.41) is 2.07. The molecular weight excluding hydrogens is 194 g/mol. The minimum atomic E-state index is 0.515. The third kappa shape index (κ3) is 2.34. The first-order valence-corrected chi connectivity index (χ1v) is 4.94. The van der Waals surface area contributed by atoms with Crippen LogP contribution in [0.25, 0.3) is 0 Å². The topological polar surface area (TPSA) is 76.3 Å². The van der Waals surface area contributed by atoms with Crippen LogP contribution in [0.3, 0.4) is 0 Å². The van der Waals surface area contributed by atoms with Crippen molar-refractivity contribution in [1.82, 2.24) is 15.0 Å². The van der Waals surface area contributed by atoms with E-state index >= 15 is 0 Å². The predicted octanol–water partition coefficient (Wildman–Crippen LogP) is 0.0263. The second-order valence-electron chi connectivity index (χ2n) is 3.44. The van der Waals surface area contributed by atoms with E-state index in [0.29, 0.717) is 5.82 Å². The number of hydrogen-bond acceptors (Lipinski definition) is 6. The van der Waals surface area contributed by atoms with Gasteiger partial charge in [0.05, 0.1) is 13.2 Å². The molecule has 1 aliphatic rings. The van der Waals surface area contributed by atoms with E-state index in [1.54, 1.807) is 0 Å². The Kier molecular flexibility index (Phi) is 2.98. The Labute approximate surface area is 88.4 Å². The fourth-order valence-corrected chi connectivity index (χ4v) is 1.40. The molecule has 0 radical (unpaired) electrons. The van der Waals surface area contributed by atoms with Crippen molar-refractivity contribution >= 4 is 11.6 Å². The third-order valence-electron chi connectivity index (χ3n) is 2.40. The number of nitrogens with one attached hydrogen (secondary N) is 1. The zero-order valence-corrected chi connectivity index (χ0v) is 8.73. The summed E-state index contributed by atoms with van der Waals surface area (Å²) in [6.07, 6.45) is 1.46. The normalized spacial score (nSPS) is 17.7. The van der Waals surface area contributed by atoms with Gasteiger partial charge in [-0.3, -0.25) is 0 Å². The fraction of sp³-hybridized carbons (Fsp3) is 0.556. The van der Waals surface area contributed by atoms with E-state index in [1.807, 2.05) is 6.92 Å². The van der Waals surface area contributed by atoms with Crippen LogP contribution in [0.15, 0.2) is 6.33 Å². The molecule has 0 amide bonds. The van der Waals surface area contributed by atoms with Crippen molar-refractivity contribution in [1.29, 1.82) is 0 Å². The number of aromatic nitrogens is 2. The van der Waals surface area contributed by atoms with E-state index in [0.717, 1.165) is 37.7 Å². The van der Waals surface area contributed by atoms with Gasteiger partial charge in [-0.05, 0) is 6.92 Å². The summed E-state index contributed by atoms with van der Waals surface area (Å²) in [4.78, 5) is 8.06. The van der Waals surface area contributed by atoms with E-state index in [1.165, 1.54) is 6.33 Å². The van der Waals surface area contributed by atoms with E-state index in [9.17, 15) is 0 Å². The number of nitrogens with zero attached hydrogens (tertiary/aromatic N) is 3. The van der Waals surface area contributed by atoms with Gasteiger partial charge in [0, 0.05) is 18.7 Å². The first-order valence-electron chi connectivity index (χ1n) is 4.94. The molecule has 1 aromatic heterocycles. The molecule has 2 rings (SSSR count). The van der Waals surface area contributed by atoms with E-state index in [-0.39, 0.29) is 0 Å². The van der Waals surface area contributed by atoms with E-state index in [2.05, 4.69) is 20.4 Å². The van der Waals surface area contributed by atoms with Gasteiger partial charge in [0.2, 0.25) is 0 Å². The molecule has 0 aromatic carbocycles.